The van der Waals surface area contributed by atoms with Crippen molar-refractivity contribution in [2.24, 2.45) is 29.6 Å². The van der Waals surface area contributed by atoms with Crippen molar-refractivity contribution in [3.63, 3.8) is 0 Å². The van der Waals surface area contributed by atoms with Crippen LogP contribution in [0.4, 0.5) is 10.1 Å². The maximum Gasteiger partial charge on any atom is 0.305 e. The van der Waals surface area contributed by atoms with Crippen LogP contribution in [0.1, 0.15) is 22.8 Å². The molecule has 0 spiro atoms. The van der Waals surface area contributed by atoms with Gasteiger partial charge in [-0.15, -0.1) is 11.8 Å². The molecule has 2 amide bonds. The van der Waals surface area contributed by atoms with E-state index in [1.165, 1.54) is 40.5 Å². The number of methoxy groups -OCH3 is 1. The summed E-state index contributed by atoms with van der Waals surface area (Å²) in [5, 5.41) is 0.979. The Morgan fingerprint density at radius 1 is 1.00 bits per heavy atom. The minimum Gasteiger partial charge on any atom is -0.496 e. The number of H-pyrrole nitrogens is 1. The molecule has 178 valence electrons. The number of ether oxygens (including phenoxy) is 1. The molecule has 1 aromatic heterocycles. The Bertz CT molecular complexity index is 1430. The van der Waals surface area contributed by atoms with Crippen LogP contribution in [0.15, 0.2) is 58.4 Å². The first kappa shape index (κ1) is 21.4. The van der Waals surface area contributed by atoms with Gasteiger partial charge >= 0.3 is 4.87 Å². The third kappa shape index (κ3) is 2.85. The normalized spacial score (nSPS) is 32.5. The van der Waals surface area contributed by atoms with Gasteiger partial charge in [0.25, 0.3) is 0 Å². The molecule has 2 bridgehead atoms. The van der Waals surface area contributed by atoms with Crippen molar-refractivity contribution < 1.29 is 18.7 Å². The number of nitrogens with zero attached hydrogens (tertiary/aromatic N) is 1. The number of anilines is 1. The molecular weight excluding hydrogens is 487 g/mol. The summed E-state index contributed by atoms with van der Waals surface area (Å²) in [6, 6.07) is 13.4. The highest BCUT2D eigenvalue weighted by Gasteiger charge is 2.69. The van der Waals surface area contributed by atoms with Crippen molar-refractivity contribution >= 4 is 40.6 Å². The number of rotatable bonds is 3. The summed E-state index contributed by atoms with van der Waals surface area (Å²) in [6.45, 7) is 0. The van der Waals surface area contributed by atoms with Gasteiger partial charge in [0, 0.05) is 21.6 Å². The predicted octanol–water partition coefficient (Wildman–Crippen LogP) is 4.26. The van der Waals surface area contributed by atoms with E-state index in [1.807, 2.05) is 24.3 Å². The molecule has 1 N–H and O–H groups in total. The standard InChI is InChI=1S/C26H21FN2O4S2/c1-33-16-5-3-2-4-13(16)17-18-14-10-15(21(18)34-23-22(17)35-26(32)28-23)20-19(14)24(30)29(25(20)31)12-8-6-11(27)7-9-12/h2-9,14-15,17-21H,10H2,1H3,(H,28,32)/t14-,15+,17-,18-,19+,20+,21-/m1/s1. The Balaban J connectivity index is 1.34. The molecule has 9 heteroatoms. The van der Waals surface area contributed by atoms with Gasteiger partial charge in [0.15, 0.2) is 0 Å². The van der Waals surface area contributed by atoms with Gasteiger partial charge in [-0.25, -0.2) is 4.39 Å². The second-order valence-corrected chi connectivity index (χ2v) is 11.9. The van der Waals surface area contributed by atoms with E-state index < -0.39 is 11.7 Å². The lowest BCUT2D eigenvalue weighted by atomic mass is 9.68. The number of amides is 2. The third-order valence-electron chi connectivity index (χ3n) is 8.28. The van der Waals surface area contributed by atoms with Gasteiger partial charge in [-0.3, -0.25) is 19.3 Å². The molecule has 2 aromatic carbocycles. The first-order chi connectivity index (χ1) is 17.0. The first-order valence-electron chi connectivity index (χ1n) is 11.6. The number of benzene rings is 2. The summed E-state index contributed by atoms with van der Waals surface area (Å²) in [6.07, 6.45) is 0.817. The second kappa shape index (κ2) is 7.54. The quantitative estimate of drug-likeness (QED) is 0.535. The van der Waals surface area contributed by atoms with Gasteiger partial charge in [0.2, 0.25) is 11.8 Å². The molecule has 1 saturated heterocycles. The maximum atomic E-state index is 13.7. The van der Waals surface area contributed by atoms with Crippen molar-refractivity contribution in [3.8, 4) is 5.75 Å². The summed E-state index contributed by atoms with van der Waals surface area (Å²) < 4.78 is 19.2. The van der Waals surface area contributed by atoms with Crippen LogP contribution in [0.2, 0.25) is 0 Å². The van der Waals surface area contributed by atoms with Crippen molar-refractivity contribution in [1.82, 2.24) is 4.98 Å². The number of halogens is 1. The molecule has 2 aliphatic heterocycles. The topological polar surface area (TPSA) is 79.5 Å². The van der Waals surface area contributed by atoms with E-state index in [2.05, 4.69) is 4.98 Å². The minimum atomic E-state index is -0.407. The van der Waals surface area contributed by atoms with E-state index in [0.717, 1.165) is 27.6 Å². The number of para-hydroxylation sites is 1. The number of carbonyl (C=O) groups is 2. The second-order valence-electron chi connectivity index (χ2n) is 9.69. The van der Waals surface area contributed by atoms with Gasteiger partial charge in [-0.1, -0.05) is 29.5 Å². The van der Waals surface area contributed by atoms with Gasteiger partial charge in [0.05, 0.1) is 29.7 Å². The van der Waals surface area contributed by atoms with Crippen LogP contribution in [0.25, 0.3) is 0 Å². The molecule has 0 radical (unpaired) electrons. The number of aromatic amines is 1. The van der Waals surface area contributed by atoms with Gasteiger partial charge in [0.1, 0.15) is 11.6 Å². The monoisotopic (exact) mass is 508 g/mol. The van der Waals surface area contributed by atoms with Crippen LogP contribution in [-0.4, -0.2) is 29.2 Å². The fourth-order valence-electron chi connectivity index (χ4n) is 7.13. The number of aromatic nitrogens is 1. The number of hydrogen-bond acceptors (Lipinski definition) is 6. The predicted molar refractivity (Wildman–Crippen MR) is 130 cm³/mol. The number of fused-ring (bicyclic) bond motifs is 9. The van der Waals surface area contributed by atoms with Gasteiger partial charge in [-0.2, -0.15) is 0 Å². The highest BCUT2D eigenvalue weighted by Crippen LogP contribution is 2.69. The Labute approximate surface area is 208 Å². The van der Waals surface area contributed by atoms with Crippen molar-refractivity contribution in [1.29, 1.82) is 0 Å². The van der Waals surface area contributed by atoms with Crippen LogP contribution in [0.5, 0.6) is 5.75 Å². The van der Waals surface area contributed by atoms with E-state index >= 15 is 0 Å². The van der Waals surface area contributed by atoms with Crippen molar-refractivity contribution in [2.75, 3.05) is 12.0 Å². The van der Waals surface area contributed by atoms with E-state index in [-0.39, 0.29) is 51.5 Å². The maximum absolute atomic E-state index is 13.7. The molecule has 7 atom stereocenters. The highest BCUT2D eigenvalue weighted by molar-refractivity contribution is 8.00. The summed E-state index contributed by atoms with van der Waals surface area (Å²) in [4.78, 5) is 44.8. The average Bonchev–Trinajstić information content (AvgIpc) is 3.59. The number of imide groups is 1. The molecule has 3 aromatic rings. The minimum absolute atomic E-state index is 0.0182. The van der Waals surface area contributed by atoms with Crippen LogP contribution < -0.4 is 14.5 Å². The molecule has 3 heterocycles. The average molecular weight is 509 g/mol. The van der Waals surface area contributed by atoms with E-state index in [4.69, 9.17) is 4.74 Å². The smallest absolute Gasteiger partial charge is 0.305 e. The Morgan fingerprint density at radius 2 is 1.71 bits per heavy atom. The molecule has 3 fully saturated rings. The lowest BCUT2D eigenvalue weighted by Gasteiger charge is -2.43. The molecule has 2 saturated carbocycles. The van der Waals surface area contributed by atoms with Crippen LogP contribution >= 0.6 is 23.1 Å². The summed E-state index contributed by atoms with van der Waals surface area (Å²) in [7, 11) is 1.64. The van der Waals surface area contributed by atoms with E-state index in [9.17, 15) is 18.8 Å². The largest absolute Gasteiger partial charge is 0.496 e. The Hall–Kier alpha value is -2.91. The molecule has 7 rings (SSSR count). The fourth-order valence-corrected chi connectivity index (χ4v) is 10.0. The zero-order chi connectivity index (χ0) is 24.0. The lowest BCUT2D eigenvalue weighted by molar-refractivity contribution is -0.123. The van der Waals surface area contributed by atoms with Crippen molar-refractivity contribution in [2.45, 2.75) is 22.6 Å². The summed E-state index contributed by atoms with van der Waals surface area (Å²) >= 11 is 2.89. The lowest BCUT2D eigenvalue weighted by Crippen LogP contribution is -2.42. The molecule has 0 unspecified atom stereocenters. The number of carbonyl (C=O) groups excluding carboxylic acids is 2. The Kier molecular flexibility index (Phi) is 4.61. The van der Waals surface area contributed by atoms with Gasteiger partial charge in [-0.05, 0) is 54.5 Å². The van der Waals surface area contributed by atoms with Crippen molar-refractivity contribution in [3.05, 3.63) is 74.5 Å². The molecule has 2 aliphatic carbocycles. The zero-order valence-corrected chi connectivity index (χ0v) is 20.3. The first-order valence-corrected chi connectivity index (χ1v) is 13.3. The summed E-state index contributed by atoms with van der Waals surface area (Å²) in [5.74, 6) is -0.718. The summed E-state index contributed by atoms with van der Waals surface area (Å²) in [5.41, 5.74) is 1.44. The number of thioether (sulfide) groups is 1. The number of nitrogens with one attached hydrogen (secondary N) is 1. The molecule has 4 aliphatic rings. The number of thiazole rings is 1. The zero-order valence-electron chi connectivity index (χ0n) is 18.6. The SMILES string of the molecule is COc1ccccc1[C@H]1c2sc(=O)[nH]c2S[C@@H]2[C@H]3C[C@@H]([C@@H]4C(=O)N(c5ccc(F)cc5)C(=O)[C@@H]34)[C@H]12. The van der Waals surface area contributed by atoms with Gasteiger partial charge < -0.3 is 9.72 Å². The molecule has 35 heavy (non-hydrogen) atoms. The Morgan fingerprint density at radius 3 is 2.46 bits per heavy atom. The van der Waals surface area contributed by atoms with E-state index in [1.54, 1.807) is 18.9 Å². The van der Waals surface area contributed by atoms with Crippen LogP contribution in [0, 0.1) is 35.4 Å². The van der Waals surface area contributed by atoms with E-state index in [0.29, 0.717) is 5.69 Å². The molecular formula is C26H21FN2O4S2. The van der Waals surface area contributed by atoms with Crippen LogP contribution in [0.3, 0.4) is 0 Å². The highest BCUT2D eigenvalue weighted by atomic mass is 32.2. The number of hydrogen-bond donors (Lipinski definition) is 1. The molecule has 6 nitrogen and oxygen atoms in total. The third-order valence-corrected chi connectivity index (χ3v) is 10.9. The fraction of sp³-hybridized carbons (Fsp3) is 0.346. The van der Waals surface area contributed by atoms with Crippen LogP contribution in [-0.2, 0) is 9.59 Å².